The van der Waals surface area contributed by atoms with Crippen molar-refractivity contribution in [3.8, 4) is 73.0 Å². The Morgan fingerprint density at radius 1 is 0.417 bits per heavy atom. The van der Waals surface area contributed by atoms with Crippen molar-refractivity contribution in [1.82, 2.24) is 14.8 Å². The molecule has 0 fully saturated rings. The molecule has 0 saturated heterocycles. The largest absolute Gasteiger partial charge is 0.212 e. The van der Waals surface area contributed by atoms with E-state index in [-0.39, 0.29) is 17.3 Å². The molecule has 0 atom stereocenters. The zero-order valence-corrected chi connectivity index (χ0v) is 36.9. The first-order valence-corrected chi connectivity index (χ1v) is 21.4. The number of rotatable bonds is 9. The summed E-state index contributed by atoms with van der Waals surface area (Å²) < 4.78 is 2.15. The lowest BCUT2D eigenvalue weighted by Gasteiger charge is -2.23. The van der Waals surface area contributed by atoms with E-state index in [9.17, 15) is 0 Å². The molecule has 3 nitrogen and oxygen atoms in total. The Labute approximate surface area is 357 Å². The zero-order valence-electron chi connectivity index (χ0n) is 36.9. The lowest BCUT2D eigenvalue weighted by molar-refractivity contribution is 0.590. The summed E-state index contributed by atoms with van der Waals surface area (Å²) in [7, 11) is 0. The van der Waals surface area contributed by atoms with E-state index in [1.54, 1.807) is 0 Å². The van der Waals surface area contributed by atoms with Gasteiger partial charge in [0.1, 0.15) is 0 Å². The minimum atomic E-state index is 0.0856. The molecule has 7 aromatic carbocycles. The summed E-state index contributed by atoms with van der Waals surface area (Å²) >= 11 is 0. The van der Waals surface area contributed by atoms with Gasteiger partial charge in [0, 0.05) is 11.1 Å². The van der Waals surface area contributed by atoms with Gasteiger partial charge in [-0.05, 0) is 148 Å². The number of hydrogen-bond donors (Lipinski definition) is 0. The van der Waals surface area contributed by atoms with Crippen LogP contribution in [-0.2, 0) is 5.41 Å². The lowest BCUT2D eigenvalue weighted by atomic mass is 9.85. The molecule has 0 bridgehead atoms. The lowest BCUT2D eigenvalue weighted by Crippen LogP contribution is -2.10. The van der Waals surface area contributed by atoms with Crippen molar-refractivity contribution >= 4 is 0 Å². The van der Waals surface area contributed by atoms with Gasteiger partial charge in [-0.25, -0.2) is 9.67 Å². The molecule has 1 aromatic heterocycles. The van der Waals surface area contributed by atoms with Crippen molar-refractivity contribution in [3.63, 3.8) is 0 Å². The second kappa shape index (κ2) is 16.4. The van der Waals surface area contributed by atoms with E-state index in [2.05, 4.69) is 226 Å². The Kier molecular flexibility index (Phi) is 11.0. The first kappa shape index (κ1) is 40.5. The molecule has 0 aliphatic heterocycles. The fourth-order valence-electron chi connectivity index (χ4n) is 8.36. The predicted octanol–water partition coefficient (Wildman–Crippen LogP) is 15.7. The zero-order chi connectivity index (χ0) is 42.3. The van der Waals surface area contributed by atoms with Gasteiger partial charge in [-0.2, -0.15) is 0 Å². The van der Waals surface area contributed by atoms with Gasteiger partial charge in [0.05, 0.1) is 5.69 Å². The Morgan fingerprint density at radius 2 is 0.883 bits per heavy atom. The van der Waals surface area contributed by atoms with Crippen molar-refractivity contribution in [2.45, 2.75) is 86.5 Å². The first-order chi connectivity index (χ1) is 28.7. The quantitative estimate of drug-likeness (QED) is 0.146. The third kappa shape index (κ3) is 8.40. The predicted molar refractivity (Wildman–Crippen MR) is 255 cm³/mol. The molecule has 0 spiro atoms. The van der Waals surface area contributed by atoms with Gasteiger partial charge in [-0.15, -0.1) is 5.10 Å². The average Bonchev–Trinajstić information content (AvgIpc) is 3.68. The van der Waals surface area contributed by atoms with E-state index in [4.69, 9.17) is 10.1 Å². The van der Waals surface area contributed by atoms with E-state index in [0.29, 0.717) is 0 Å². The number of nitrogens with zero attached hydrogens (tertiary/aromatic N) is 3. The molecule has 0 unspecified atom stereocenters. The molecule has 0 aliphatic rings. The Balaban J connectivity index is 1.34. The molecule has 60 heavy (non-hydrogen) atoms. The molecule has 300 valence electrons. The monoisotopic (exact) mass is 783 g/mol. The number of benzene rings is 7. The molecule has 8 aromatic rings. The van der Waals surface area contributed by atoms with Gasteiger partial charge < -0.3 is 0 Å². The van der Waals surface area contributed by atoms with E-state index in [1.807, 2.05) is 0 Å². The third-order valence-electron chi connectivity index (χ3n) is 11.7. The Hall–Kier alpha value is -6.32. The third-order valence-corrected chi connectivity index (χ3v) is 11.7. The van der Waals surface area contributed by atoms with E-state index in [1.165, 1.54) is 66.8 Å². The van der Waals surface area contributed by atoms with Crippen LogP contribution in [0.2, 0.25) is 0 Å². The maximum Gasteiger partial charge on any atom is 0.182 e. The normalized spacial score (nSPS) is 11.8. The van der Waals surface area contributed by atoms with Gasteiger partial charge in [0.15, 0.2) is 11.6 Å². The van der Waals surface area contributed by atoms with Crippen LogP contribution < -0.4 is 0 Å². The summed E-state index contributed by atoms with van der Waals surface area (Å²) in [4.78, 5) is 5.44. The highest BCUT2D eigenvalue weighted by Gasteiger charge is 2.24. The maximum absolute atomic E-state index is 5.44. The Bertz CT molecular complexity index is 2750. The molecule has 0 N–H and O–H groups in total. The molecular weight excluding hydrogens is 727 g/mol. The van der Waals surface area contributed by atoms with Crippen molar-refractivity contribution < 1.29 is 0 Å². The number of aryl methyl sites for hydroxylation is 3. The molecular formula is C57H57N3. The molecule has 1 heterocycles. The highest BCUT2D eigenvalue weighted by atomic mass is 15.4. The first-order valence-electron chi connectivity index (χ1n) is 21.4. The van der Waals surface area contributed by atoms with Crippen LogP contribution in [0.3, 0.4) is 0 Å². The van der Waals surface area contributed by atoms with Crippen molar-refractivity contribution in [2.75, 3.05) is 0 Å². The van der Waals surface area contributed by atoms with Gasteiger partial charge in [-0.1, -0.05) is 168 Å². The molecule has 0 radical (unpaired) electrons. The molecule has 3 heteroatoms. The molecule has 0 aliphatic carbocycles. The standard InChI is InChI=1S/C57H57N3/c1-36(2)52-34-49(41-15-12-11-13-16-41)35-53(37(3)4)54(52)60-56(58-55(59-60)50-28-39(6)27-40(7)29-50)45-18-14-17-44(30-45)48-32-46(42-21-19-38(5)20-22-42)31-47(33-48)43-23-25-51(26-24-43)57(8,9)10/h11-37H,1-10H3. The van der Waals surface area contributed by atoms with E-state index >= 15 is 0 Å². The van der Waals surface area contributed by atoms with Gasteiger partial charge >= 0.3 is 0 Å². The van der Waals surface area contributed by atoms with Crippen LogP contribution in [0.25, 0.3) is 73.0 Å². The number of aromatic nitrogens is 3. The van der Waals surface area contributed by atoms with Crippen LogP contribution >= 0.6 is 0 Å². The summed E-state index contributed by atoms with van der Waals surface area (Å²) in [6, 6.07) is 55.9. The van der Waals surface area contributed by atoms with Crippen LogP contribution in [0.5, 0.6) is 0 Å². The second-order valence-corrected chi connectivity index (χ2v) is 18.3. The second-order valence-electron chi connectivity index (χ2n) is 18.3. The van der Waals surface area contributed by atoms with Crippen LogP contribution in [0.4, 0.5) is 0 Å². The summed E-state index contributed by atoms with van der Waals surface area (Å²) in [6.45, 7) is 22.4. The van der Waals surface area contributed by atoms with Crippen LogP contribution in [-0.4, -0.2) is 14.8 Å². The summed E-state index contributed by atoms with van der Waals surface area (Å²) in [5.41, 5.74) is 20.2. The van der Waals surface area contributed by atoms with Crippen LogP contribution in [0.1, 0.15) is 93.7 Å². The van der Waals surface area contributed by atoms with Gasteiger partial charge in [0.2, 0.25) is 0 Å². The van der Waals surface area contributed by atoms with Crippen LogP contribution in [0, 0.1) is 20.8 Å². The summed E-state index contributed by atoms with van der Waals surface area (Å²) in [5.74, 6) is 2.04. The van der Waals surface area contributed by atoms with Crippen molar-refractivity contribution in [1.29, 1.82) is 0 Å². The summed E-state index contributed by atoms with van der Waals surface area (Å²) in [6.07, 6.45) is 0. The highest BCUT2D eigenvalue weighted by molar-refractivity contribution is 5.83. The van der Waals surface area contributed by atoms with Crippen molar-refractivity contribution in [3.05, 3.63) is 185 Å². The topological polar surface area (TPSA) is 30.7 Å². The van der Waals surface area contributed by atoms with Gasteiger partial charge in [0.25, 0.3) is 0 Å². The fourth-order valence-corrected chi connectivity index (χ4v) is 8.36. The van der Waals surface area contributed by atoms with Crippen molar-refractivity contribution in [2.24, 2.45) is 0 Å². The highest BCUT2D eigenvalue weighted by Crippen LogP contribution is 2.40. The number of hydrogen-bond acceptors (Lipinski definition) is 2. The average molecular weight is 784 g/mol. The SMILES string of the molecule is Cc1ccc(-c2cc(-c3ccc(C(C)(C)C)cc3)cc(-c3cccc(-c4nc(-c5cc(C)cc(C)c5)nn4-c4c(C(C)C)cc(-c5ccccc5)cc4C(C)C)c3)c2)cc1. The maximum atomic E-state index is 5.44. The van der Waals surface area contributed by atoms with E-state index < -0.39 is 0 Å². The van der Waals surface area contributed by atoms with Gasteiger partial charge in [-0.3, -0.25) is 0 Å². The smallest absolute Gasteiger partial charge is 0.182 e. The van der Waals surface area contributed by atoms with E-state index in [0.717, 1.165) is 39.6 Å². The fraction of sp³-hybridized carbons (Fsp3) is 0.228. The molecule has 0 saturated carbocycles. The minimum absolute atomic E-state index is 0.0856. The summed E-state index contributed by atoms with van der Waals surface area (Å²) in [5, 5.41) is 5.44. The minimum Gasteiger partial charge on any atom is -0.212 e. The Morgan fingerprint density at radius 3 is 1.43 bits per heavy atom. The van der Waals surface area contributed by atoms with Crippen LogP contribution in [0.15, 0.2) is 152 Å². The molecule has 0 amide bonds. The molecule has 8 rings (SSSR count).